The molecule has 29 heavy (non-hydrogen) atoms. The first-order valence-electron chi connectivity index (χ1n) is 9.16. The highest BCUT2D eigenvalue weighted by Crippen LogP contribution is 2.29. The number of likely N-dealkylation sites (tertiary alicyclic amines) is 1. The summed E-state index contributed by atoms with van der Waals surface area (Å²) in [7, 11) is 0. The molecule has 4 rings (SSSR count). The summed E-state index contributed by atoms with van der Waals surface area (Å²) in [6.45, 7) is 0.539. The molecule has 10 heteroatoms. The number of fused-ring (bicyclic) bond motifs is 1. The van der Waals surface area contributed by atoms with Gasteiger partial charge in [-0.3, -0.25) is 4.79 Å². The number of hydrogen-bond donors (Lipinski definition) is 0. The minimum absolute atomic E-state index is 0.00918. The zero-order valence-electron chi connectivity index (χ0n) is 15.3. The van der Waals surface area contributed by atoms with Crippen molar-refractivity contribution >= 4 is 11.7 Å². The lowest BCUT2D eigenvalue weighted by molar-refractivity contribution is -0.134. The third-order valence-corrected chi connectivity index (χ3v) is 4.90. The fourth-order valence-electron chi connectivity index (χ4n) is 3.46. The molecule has 1 aliphatic heterocycles. The van der Waals surface area contributed by atoms with Gasteiger partial charge in [-0.15, -0.1) is 0 Å². The van der Waals surface area contributed by atoms with Gasteiger partial charge >= 0.3 is 0 Å². The second-order valence-electron chi connectivity index (χ2n) is 6.78. The Balaban J connectivity index is 1.47. The molecule has 0 bridgehead atoms. The summed E-state index contributed by atoms with van der Waals surface area (Å²) in [6.07, 6.45) is -0.150. The predicted octanol–water partition coefficient (Wildman–Crippen LogP) is 2.99. The van der Waals surface area contributed by atoms with Crippen LogP contribution in [-0.2, 0) is 4.79 Å². The highest BCUT2D eigenvalue weighted by molar-refractivity contribution is 5.78. The third kappa shape index (κ3) is 4.01. The quantitative estimate of drug-likeness (QED) is 0.653. The fourth-order valence-corrected chi connectivity index (χ4v) is 3.46. The van der Waals surface area contributed by atoms with Crippen molar-refractivity contribution in [2.75, 3.05) is 19.7 Å². The topological polar surface area (TPSA) is 72.6 Å². The summed E-state index contributed by atoms with van der Waals surface area (Å²) in [5.41, 5.74) is 0.169. The van der Waals surface area contributed by atoms with Crippen LogP contribution in [-0.4, -0.2) is 50.1 Å². The van der Waals surface area contributed by atoms with E-state index >= 15 is 0 Å². The normalized spacial score (nSPS) is 17.1. The monoisotopic (exact) mass is 405 g/mol. The molecule has 1 aliphatic rings. The van der Waals surface area contributed by atoms with Crippen LogP contribution in [0.2, 0.25) is 0 Å². The lowest BCUT2D eigenvalue weighted by atomic mass is 9.94. The molecule has 0 N–H and O–H groups in total. The van der Waals surface area contributed by atoms with E-state index < -0.39 is 12.2 Å². The molecule has 0 aliphatic carbocycles. The molecule has 3 heterocycles. The van der Waals surface area contributed by atoms with Crippen LogP contribution >= 0.6 is 0 Å². The first kappa shape index (κ1) is 19.2. The predicted molar refractivity (Wildman–Crippen MR) is 96.2 cm³/mol. The van der Waals surface area contributed by atoms with Crippen LogP contribution in [0.5, 0.6) is 5.75 Å². The summed E-state index contributed by atoms with van der Waals surface area (Å²) in [5, 5.41) is 3.78. The number of carbonyl (C=O) groups is 1. The van der Waals surface area contributed by atoms with E-state index in [4.69, 9.17) is 4.74 Å². The standard InChI is InChI=1S/C19H18F3N5O2/c20-13-5-1-2-6-16(13)29-10-17(28)26-7-3-4-12(9-26)14-8-15(18(21)22)27-19(25-14)23-11-24-27/h1-2,5-6,8,11-12,18H,3-4,7,9-10H2/t12-/m0/s1. The van der Waals surface area contributed by atoms with E-state index in [1.54, 1.807) is 11.0 Å². The first-order valence-corrected chi connectivity index (χ1v) is 9.16. The van der Waals surface area contributed by atoms with Crippen molar-refractivity contribution in [2.24, 2.45) is 0 Å². The highest BCUT2D eigenvalue weighted by atomic mass is 19.3. The summed E-state index contributed by atoms with van der Waals surface area (Å²) in [4.78, 5) is 22.4. The minimum atomic E-state index is -2.73. The number of piperidine rings is 1. The Labute approximate surface area is 164 Å². The number of para-hydroxylation sites is 1. The van der Waals surface area contributed by atoms with Crippen molar-refractivity contribution in [2.45, 2.75) is 25.2 Å². The van der Waals surface area contributed by atoms with Gasteiger partial charge in [-0.25, -0.2) is 18.2 Å². The smallest absolute Gasteiger partial charge is 0.280 e. The average molecular weight is 405 g/mol. The number of benzene rings is 1. The largest absolute Gasteiger partial charge is 0.481 e. The summed E-state index contributed by atoms with van der Waals surface area (Å²) in [6, 6.07) is 7.18. The molecule has 0 saturated carbocycles. The zero-order chi connectivity index (χ0) is 20.4. The van der Waals surface area contributed by atoms with Gasteiger partial charge in [0.2, 0.25) is 0 Å². The number of hydrogen-bond acceptors (Lipinski definition) is 5. The molecule has 2 aromatic heterocycles. The van der Waals surface area contributed by atoms with Crippen LogP contribution in [0.4, 0.5) is 13.2 Å². The molecule has 1 aromatic carbocycles. The summed E-state index contributed by atoms with van der Waals surface area (Å²) in [5.74, 6) is -0.933. The molecule has 1 fully saturated rings. The summed E-state index contributed by atoms with van der Waals surface area (Å²) >= 11 is 0. The van der Waals surface area contributed by atoms with Crippen LogP contribution in [0.3, 0.4) is 0 Å². The summed E-state index contributed by atoms with van der Waals surface area (Å²) < 4.78 is 46.7. The molecule has 0 unspecified atom stereocenters. The number of ether oxygens (including phenoxy) is 1. The van der Waals surface area contributed by atoms with Crippen molar-refractivity contribution < 1.29 is 22.7 Å². The molecular formula is C19H18F3N5O2. The molecule has 3 aromatic rings. The van der Waals surface area contributed by atoms with E-state index in [2.05, 4.69) is 15.1 Å². The number of amides is 1. The SMILES string of the molecule is O=C(COc1ccccc1F)N1CCC[C@H](c2cc(C(F)F)n3ncnc3n2)C1. The van der Waals surface area contributed by atoms with Crippen molar-refractivity contribution in [1.82, 2.24) is 24.5 Å². The van der Waals surface area contributed by atoms with Gasteiger partial charge in [-0.2, -0.15) is 14.6 Å². The van der Waals surface area contributed by atoms with E-state index in [0.29, 0.717) is 31.6 Å². The van der Waals surface area contributed by atoms with Gasteiger partial charge in [0.15, 0.2) is 18.2 Å². The molecule has 7 nitrogen and oxygen atoms in total. The van der Waals surface area contributed by atoms with Crippen molar-refractivity contribution in [1.29, 1.82) is 0 Å². The number of halogens is 3. The maximum Gasteiger partial charge on any atom is 0.280 e. The molecule has 1 atom stereocenters. The maximum absolute atomic E-state index is 13.6. The Morgan fingerprint density at radius 3 is 2.93 bits per heavy atom. The highest BCUT2D eigenvalue weighted by Gasteiger charge is 2.28. The van der Waals surface area contributed by atoms with Crippen LogP contribution in [0.15, 0.2) is 36.7 Å². The Morgan fingerprint density at radius 1 is 1.31 bits per heavy atom. The zero-order valence-corrected chi connectivity index (χ0v) is 15.3. The van der Waals surface area contributed by atoms with Crippen LogP contribution < -0.4 is 4.74 Å². The van der Waals surface area contributed by atoms with E-state index in [9.17, 15) is 18.0 Å². The van der Waals surface area contributed by atoms with Crippen LogP contribution in [0.25, 0.3) is 5.78 Å². The number of carbonyl (C=O) groups excluding carboxylic acids is 1. The Hall–Kier alpha value is -3.17. The molecular weight excluding hydrogens is 387 g/mol. The van der Waals surface area contributed by atoms with Crippen LogP contribution in [0, 0.1) is 5.82 Å². The lowest BCUT2D eigenvalue weighted by Gasteiger charge is -2.32. The molecule has 0 spiro atoms. The molecule has 0 radical (unpaired) electrons. The lowest BCUT2D eigenvalue weighted by Crippen LogP contribution is -2.41. The number of rotatable bonds is 5. The minimum Gasteiger partial charge on any atom is -0.481 e. The van der Waals surface area contributed by atoms with Crippen molar-refractivity contribution in [3.8, 4) is 5.75 Å². The van der Waals surface area contributed by atoms with Crippen molar-refractivity contribution in [3.63, 3.8) is 0 Å². The fraction of sp³-hybridized carbons (Fsp3) is 0.368. The van der Waals surface area contributed by atoms with Gasteiger partial charge in [0.25, 0.3) is 18.1 Å². The van der Waals surface area contributed by atoms with E-state index in [1.165, 1.54) is 30.6 Å². The Kier molecular flexibility index (Phi) is 5.32. The number of nitrogens with zero attached hydrogens (tertiary/aromatic N) is 5. The van der Waals surface area contributed by atoms with Crippen LogP contribution in [0.1, 0.15) is 36.6 Å². The Bertz CT molecular complexity index is 1030. The molecule has 1 amide bonds. The number of aromatic nitrogens is 4. The van der Waals surface area contributed by atoms with E-state index in [1.807, 2.05) is 0 Å². The maximum atomic E-state index is 13.6. The molecule has 1 saturated heterocycles. The second-order valence-corrected chi connectivity index (χ2v) is 6.78. The van der Waals surface area contributed by atoms with Crippen molar-refractivity contribution in [3.05, 3.63) is 53.9 Å². The van der Waals surface area contributed by atoms with Gasteiger partial charge in [-0.1, -0.05) is 12.1 Å². The van der Waals surface area contributed by atoms with E-state index in [-0.39, 0.29) is 35.7 Å². The van der Waals surface area contributed by atoms with E-state index in [0.717, 1.165) is 4.52 Å². The first-order chi connectivity index (χ1) is 14.0. The van der Waals surface area contributed by atoms with Gasteiger partial charge in [-0.05, 0) is 31.0 Å². The van der Waals surface area contributed by atoms with Gasteiger partial charge in [0.1, 0.15) is 12.0 Å². The third-order valence-electron chi connectivity index (χ3n) is 4.90. The molecule has 152 valence electrons. The Morgan fingerprint density at radius 2 is 2.14 bits per heavy atom. The van der Waals surface area contributed by atoms with Gasteiger partial charge in [0.05, 0.1) is 5.69 Å². The van der Waals surface area contributed by atoms with Gasteiger partial charge < -0.3 is 9.64 Å². The second kappa shape index (κ2) is 8.06. The average Bonchev–Trinajstić information content (AvgIpc) is 3.21. The number of alkyl halides is 2. The van der Waals surface area contributed by atoms with Gasteiger partial charge in [0, 0.05) is 19.0 Å².